The molecule has 0 saturated heterocycles. The van der Waals surface area contributed by atoms with E-state index in [4.69, 9.17) is 0 Å². The summed E-state index contributed by atoms with van der Waals surface area (Å²) in [5, 5.41) is 0. The third kappa shape index (κ3) is 3.94. The van der Waals surface area contributed by atoms with Crippen molar-refractivity contribution in [3.8, 4) is 0 Å². The first-order valence-electron chi connectivity index (χ1n) is 8.40. The second-order valence-corrected chi connectivity index (χ2v) is 6.73. The van der Waals surface area contributed by atoms with Crippen LogP contribution in [0.25, 0.3) is 12.2 Å². The quantitative estimate of drug-likeness (QED) is 0.760. The molecule has 0 fully saturated rings. The molecule has 0 atom stereocenters. The Morgan fingerprint density at radius 3 is 2.19 bits per heavy atom. The molecule has 138 valence electrons. The van der Waals surface area contributed by atoms with Gasteiger partial charge in [0.25, 0.3) is 10.0 Å². The van der Waals surface area contributed by atoms with Gasteiger partial charge in [-0.1, -0.05) is 64.0 Å². The Hall–Kier alpha value is -2.66. The molecule has 1 N–H and O–H groups in total. The van der Waals surface area contributed by atoms with Crippen molar-refractivity contribution in [1.82, 2.24) is 4.98 Å². The monoisotopic (exact) mass is 370 g/mol. The lowest BCUT2D eigenvalue weighted by molar-refractivity contribution is 0.605. The zero-order chi connectivity index (χ0) is 19.9. The van der Waals surface area contributed by atoms with Gasteiger partial charge in [-0.25, -0.2) is 0 Å². The Bertz CT molecular complexity index is 937. The molecule has 0 saturated carbocycles. The molecule has 1 aromatic rings. The molecule has 2 heterocycles. The molecule has 0 aliphatic carbocycles. The lowest BCUT2D eigenvalue weighted by atomic mass is 9.97. The van der Waals surface area contributed by atoms with Gasteiger partial charge in [0.15, 0.2) is 0 Å². The summed E-state index contributed by atoms with van der Waals surface area (Å²) in [4.78, 5) is 3.37. The summed E-state index contributed by atoms with van der Waals surface area (Å²) in [5.74, 6) is 0. The summed E-state index contributed by atoms with van der Waals surface area (Å²) >= 11 is 0. The van der Waals surface area contributed by atoms with E-state index in [0.29, 0.717) is 11.3 Å². The minimum absolute atomic E-state index is 0.121. The van der Waals surface area contributed by atoms with Crippen LogP contribution >= 0.6 is 0 Å². The van der Waals surface area contributed by atoms with Crippen LogP contribution in [-0.4, -0.2) is 19.1 Å². The van der Waals surface area contributed by atoms with Crippen LogP contribution in [0.1, 0.15) is 43.3 Å². The van der Waals surface area contributed by atoms with E-state index in [1.54, 1.807) is 18.2 Å². The standard InChI is InChI=1S/C19H20N2O2S.C2H6/c1-6-10-15-17(12-8-3)24(22,23)21-19(15)18-13(5)20-16(11-7-2)14(18)9-4;1-2/h6-12,20H,1,3-4H2,2,5H3;1-2H3/b11-7-,15-10+,17-12+;. The number of sulfonamides is 1. The summed E-state index contributed by atoms with van der Waals surface area (Å²) in [7, 11) is -3.77. The van der Waals surface area contributed by atoms with Gasteiger partial charge in [0, 0.05) is 28.1 Å². The van der Waals surface area contributed by atoms with Crippen LogP contribution in [0.5, 0.6) is 0 Å². The number of hydrogen-bond donors (Lipinski definition) is 1. The van der Waals surface area contributed by atoms with E-state index >= 15 is 0 Å². The van der Waals surface area contributed by atoms with Crippen LogP contribution in [0, 0.1) is 6.92 Å². The smallest absolute Gasteiger partial charge is 0.283 e. The number of hydrogen-bond acceptors (Lipinski definition) is 2. The Balaban J connectivity index is 0.00000163. The third-order valence-electron chi connectivity index (χ3n) is 3.59. The fraction of sp³-hybridized carbons (Fsp3) is 0.190. The average Bonchev–Trinajstić information content (AvgIpc) is 3.05. The van der Waals surface area contributed by atoms with Gasteiger partial charge in [0.1, 0.15) is 0 Å². The highest BCUT2D eigenvalue weighted by atomic mass is 32.2. The Kier molecular flexibility index (Phi) is 7.53. The predicted octanol–water partition coefficient (Wildman–Crippen LogP) is 5.34. The molecule has 1 aromatic heterocycles. The summed E-state index contributed by atoms with van der Waals surface area (Å²) in [6.07, 6.45) is 11.6. The van der Waals surface area contributed by atoms with Gasteiger partial charge in [-0.15, -0.1) is 0 Å². The number of aromatic nitrogens is 1. The van der Waals surface area contributed by atoms with Crippen molar-refractivity contribution < 1.29 is 8.42 Å². The van der Waals surface area contributed by atoms with Gasteiger partial charge in [-0.3, -0.25) is 0 Å². The van der Waals surface area contributed by atoms with Crippen LogP contribution in [0.4, 0.5) is 0 Å². The number of rotatable bonds is 5. The molecule has 0 spiro atoms. The fourth-order valence-corrected chi connectivity index (χ4v) is 3.94. The molecular formula is C21H26N2O2S. The Labute approximate surface area is 156 Å². The van der Waals surface area contributed by atoms with Crippen LogP contribution < -0.4 is 0 Å². The molecule has 0 unspecified atom stereocenters. The van der Waals surface area contributed by atoms with Crippen molar-refractivity contribution >= 4 is 27.9 Å². The summed E-state index contributed by atoms with van der Waals surface area (Å²) in [6.45, 7) is 18.9. The average molecular weight is 371 g/mol. The molecule has 4 nitrogen and oxygen atoms in total. The maximum atomic E-state index is 12.4. The zero-order valence-electron chi connectivity index (χ0n) is 15.8. The van der Waals surface area contributed by atoms with Gasteiger partial charge in [-0.05, 0) is 26.0 Å². The molecule has 26 heavy (non-hydrogen) atoms. The topological polar surface area (TPSA) is 62.3 Å². The highest BCUT2D eigenvalue weighted by Gasteiger charge is 2.34. The minimum atomic E-state index is -3.77. The van der Waals surface area contributed by atoms with E-state index in [0.717, 1.165) is 22.5 Å². The van der Waals surface area contributed by atoms with Crippen molar-refractivity contribution in [3.63, 3.8) is 0 Å². The molecule has 0 bridgehead atoms. The van der Waals surface area contributed by atoms with Crippen molar-refractivity contribution in [2.75, 3.05) is 0 Å². The fourth-order valence-electron chi connectivity index (χ4n) is 2.70. The van der Waals surface area contributed by atoms with E-state index in [2.05, 4.69) is 29.1 Å². The van der Waals surface area contributed by atoms with Crippen LogP contribution in [0.15, 0.2) is 65.0 Å². The molecule has 1 aliphatic heterocycles. The lowest BCUT2D eigenvalue weighted by Crippen LogP contribution is -2.04. The van der Waals surface area contributed by atoms with Crippen molar-refractivity contribution in [2.24, 2.45) is 4.40 Å². The molecular weight excluding hydrogens is 344 g/mol. The van der Waals surface area contributed by atoms with E-state index < -0.39 is 10.0 Å². The molecule has 2 rings (SSSR count). The number of aryl methyl sites for hydroxylation is 1. The number of aromatic amines is 1. The van der Waals surface area contributed by atoms with E-state index in [1.807, 2.05) is 39.8 Å². The second kappa shape index (κ2) is 9.15. The van der Waals surface area contributed by atoms with E-state index in [-0.39, 0.29) is 4.91 Å². The molecule has 0 radical (unpaired) electrons. The normalized spacial score (nSPS) is 18.5. The van der Waals surface area contributed by atoms with Gasteiger partial charge < -0.3 is 4.98 Å². The van der Waals surface area contributed by atoms with Gasteiger partial charge in [-0.2, -0.15) is 12.8 Å². The molecule has 5 heteroatoms. The van der Waals surface area contributed by atoms with Crippen molar-refractivity contribution in [3.05, 3.63) is 83.1 Å². The number of allylic oxidation sites excluding steroid dienone is 6. The van der Waals surface area contributed by atoms with Gasteiger partial charge in [0.2, 0.25) is 0 Å². The summed E-state index contributed by atoms with van der Waals surface area (Å²) < 4.78 is 28.9. The predicted molar refractivity (Wildman–Crippen MR) is 114 cm³/mol. The molecule has 0 amide bonds. The first kappa shape index (κ1) is 21.4. The maximum absolute atomic E-state index is 12.4. The van der Waals surface area contributed by atoms with Crippen LogP contribution in [-0.2, 0) is 10.0 Å². The van der Waals surface area contributed by atoms with Gasteiger partial charge in [0.05, 0.1) is 10.6 Å². The Morgan fingerprint density at radius 1 is 1.08 bits per heavy atom. The minimum Gasteiger partial charge on any atom is -0.358 e. The summed E-state index contributed by atoms with van der Waals surface area (Å²) in [6, 6.07) is 0. The molecule has 1 aliphatic rings. The Morgan fingerprint density at radius 2 is 1.69 bits per heavy atom. The van der Waals surface area contributed by atoms with Crippen LogP contribution in [0.3, 0.4) is 0 Å². The van der Waals surface area contributed by atoms with E-state index in [9.17, 15) is 8.42 Å². The number of nitrogens with one attached hydrogen (secondary N) is 1. The highest BCUT2D eigenvalue weighted by molar-refractivity contribution is 7.95. The lowest BCUT2D eigenvalue weighted by Gasteiger charge is -2.05. The first-order chi connectivity index (χ1) is 12.4. The van der Waals surface area contributed by atoms with Crippen LogP contribution in [0.2, 0.25) is 0 Å². The third-order valence-corrected chi connectivity index (χ3v) is 4.93. The second-order valence-electron chi connectivity index (χ2n) is 5.15. The van der Waals surface area contributed by atoms with Gasteiger partial charge >= 0.3 is 0 Å². The largest absolute Gasteiger partial charge is 0.358 e. The van der Waals surface area contributed by atoms with Crippen molar-refractivity contribution in [2.45, 2.75) is 27.7 Å². The maximum Gasteiger partial charge on any atom is 0.283 e. The van der Waals surface area contributed by atoms with E-state index in [1.165, 1.54) is 12.2 Å². The SMILES string of the molecule is C=C/C=C1/C(c2c(C)[nH]c(/C=C\C)c2C=C)=NS(=O)(=O)/C1=C/C=C.CC. The zero-order valence-corrected chi connectivity index (χ0v) is 16.7. The molecule has 0 aromatic carbocycles. The first-order valence-corrected chi connectivity index (χ1v) is 9.84. The number of nitrogens with zero attached hydrogens (tertiary/aromatic N) is 1. The van der Waals surface area contributed by atoms with Crippen molar-refractivity contribution in [1.29, 1.82) is 0 Å². The summed E-state index contributed by atoms with van der Waals surface area (Å²) in [5.41, 5.74) is 4.11. The number of H-pyrrole nitrogens is 1. The highest BCUT2D eigenvalue weighted by Crippen LogP contribution is 2.35.